The molecule has 0 spiro atoms. The summed E-state index contributed by atoms with van der Waals surface area (Å²) in [6, 6.07) is 0. The molecule has 0 aliphatic carbocycles. The van der Waals surface area contributed by atoms with Gasteiger partial charge in [-0.25, -0.2) is 9.67 Å². The molecule has 0 amide bonds. The van der Waals surface area contributed by atoms with Crippen LogP contribution in [0.25, 0.3) is 0 Å². The number of rotatable bonds is 4. The van der Waals surface area contributed by atoms with Crippen molar-refractivity contribution < 1.29 is 4.39 Å². The highest BCUT2D eigenvalue weighted by Gasteiger charge is 2.00. The molecule has 0 N–H and O–H groups in total. The molecule has 5 heteroatoms. The Hall–Kier alpha value is -0.640. The zero-order valence-corrected chi connectivity index (χ0v) is 6.76. The monoisotopic (exact) mass is 177 g/mol. The van der Waals surface area contributed by atoms with Gasteiger partial charge in [0.05, 0.1) is 12.6 Å². The van der Waals surface area contributed by atoms with Gasteiger partial charge in [0, 0.05) is 6.54 Å². The fourth-order valence-corrected chi connectivity index (χ4v) is 0.995. The van der Waals surface area contributed by atoms with E-state index in [-0.39, 0.29) is 6.67 Å². The molecule has 1 rings (SSSR count). The van der Waals surface area contributed by atoms with Crippen LogP contribution in [0.3, 0.4) is 0 Å². The van der Waals surface area contributed by atoms with Gasteiger partial charge in [-0.1, -0.05) is 0 Å². The lowest BCUT2D eigenvalue weighted by Crippen LogP contribution is -2.04. The van der Waals surface area contributed by atoms with Crippen LogP contribution in [0.15, 0.2) is 6.33 Å². The molecule has 0 fully saturated rings. The van der Waals surface area contributed by atoms with Gasteiger partial charge in [0.15, 0.2) is 0 Å². The fourth-order valence-electron chi connectivity index (χ4n) is 0.788. The van der Waals surface area contributed by atoms with E-state index in [2.05, 4.69) is 10.1 Å². The van der Waals surface area contributed by atoms with E-state index < -0.39 is 0 Å². The van der Waals surface area contributed by atoms with Crippen molar-refractivity contribution in [1.82, 2.24) is 14.8 Å². The van der Waals surface area contributed by atoms with Crippen LogP contribution in [-0.4, -0.2) is 21.4 Å². The summed E-state index contributed by atoms with van der Waals surface area (Å²) in [4.78, 5) is 3.89. The van der Waals surface area contributed by atoms with Crippen molar-refractivity contribution in [3.63, 3.8) is 0 Å². The zero-order chi connectivity index (χ0) is 8.10. The fraction of sp³-hybridized carbons (Fsp3) is 0.667. The molecule has 1 aromatic heterocycles. The van der Waals surface area contributed by atoms with E-state index in [1.165, 1.54) is 6.33 Å². The highest BCUT2D eigenvalue weighted by atomic mass is 35.5. The third-order valence-corrected chi connectivity index (χ3v) is 1.56. The molecule has 0 aromatic carbocycles. The topological polar surface area (TPSA) is 30.7 Å². The molecule has 0 bridgehead atoms. The van der Waals surface area contributed by atoms with Crippen LogP contribution >= 0.6 is 11.6 Å². The lowest BCUT2D eigenvalue weighted by Gasteiger charge is -1.99. The van der Waals surface area contributed by atoms with Crippen molar-refractivity contribution in [3.05, 3.63) is 12.2 Å². The maximum atomic E-state index is 11.7. The summed E-state index contributed by atoms with van der Waals surface area (Å²) in [7, 11) is 0. The van der Waals surface area contributed by atoms with E-state index in [0.717, 1.165) is 0 Å². The van der Waals surface area contributed by atoms with Crippen molar-refractivity contribution in [2.24, 2.45) is 0 Å². The second-order valence-corrected chi connectivity index (χ2v) is 2.34. The largest absolute Gasteiger partial charge is 0.251 e. The Morgan fingerprint density at radius 1 is 1.64 bits per heavy atom. The van der Waals surface area contributed by atoms with Crippen molar-refractivity contribution in [1.29, 1.82) is 0 Å². The third kappa shape index (κ3) is 2.15. The zero-order valence-electron chi connectivity index (χ0n) is 6.00. The number of aryl methyl sites for hydroxylation is 1. The molecule has 3 nitrogen and oxygen atoms in total. The highest BCUT2D eigenvalue weighted by molar-refractivity contribution is 6.16. The summed E-state index contributed by atoms with van der Waals surface area (Å²) in [6.07, 6.45) is 1.89. The smallest absolute Gasteiger partial charge is 0.141 e. The molecular formula is C6H9ClFN3. The van der Waals surface area contributed by atoms with Gasteiger partial charge in [0.1, 0.15) is 12.2 Å². The van der Waals surface area contributed by atoms with Crippen LogP contribution in [0, 0.1) is 0 Å². The molecule has 62 valence electrons. The molecule has 1 aromatic rings. The molecular weight excluding hydrogens is 169 g/mol. The minimum atomic E-state index is -0.332. The van der Waals surface area contributed by atoms with Gasteiger partial charge < -0.3 is 0 Å². The first-order valence-electron chi connectivity index (χ1n) is 3.37. The van der Waals surface area contributed by atoms with E-state index in [0.29, 0.717) is 24.7 Å². The molecule has 0 atom stereocenters. The number of alkyl halides is 2. The normalized spacial score (nSPS) is 10.4. The standard InChI is InChI=1S/C6H9ClFN3/c7-4-6-9-5-10-11(6)3-1-2-8/h5H,1-4H2. The Bertz CT molecular complexity index is 213. The minimum Gasteiger partial charge on any atom is -0.251 e. The SMILES string of the molecule is FCCCn1ncnc1CCl. The Morgan fingerprint density at radius 3 is 3.09 bits per heavy atom. The summed E-state index contributed by atoms with van der Waals surface area (Å²) in [5.74, 6) is 1.02. The molecule has 0 unspecified atom stereocenters. The van der Waals surface area contributed by atoms with Gasteiger partial charge in [-0.15, -0.1) is 11.6 Å². The number of hydrogen-bond donors (Lipinski definition) is 0. The van der Waals surface area contributed by atoms with E-state index >= 15 is 0 Å². The van der Waals surface area contributed by atoms with Gasteiger partial charge in [-0.2, -0.15) is 5.10 Å². The summed E-state index contributed by atoms with van der Waals surface area (Å²) >= 11 is 5.54. The Kier molecular flexibility index (Phi) is 3.29. The van der Waals surface area contributed by atoms with Crippen molar-refractivity contribution in [2.75, 3.05) is 6.67 Å². The Balaban J connectivity index is 2.54. The lowest BCUT2D eigenvalue weighted by molar-refractivity contribution is 0.430. The number of hydrogen-bond acceptors (Lipinski definition) is 2. The summed E-state index contributed by atoms with van der Waals surface area (Å²) in [6.45, 7) is 0.222. The third-order valence-electron chi connectivity index (χ3n) is 1.32. The predicted molar refractivity (Wildman–Crippen MR) is 40.2 cm³/mol. The molecule has 0 aliphatic rings. The summed E-state index contributed by atoms with van der Waals surface area (Å²) in [5, 5.41) is 3.88. The van der Waals surface area contributed by atoms with E-state index in [9.17, 15) is 4.39 Å². The van der Waals surface area contributed by atoms with Crippen LogP contribution in [0.1, 0.15) is 12.2 Å². The summed E-state index contributed by atoms with van der Waals surface area (Å²) in [5.41, 5.74) is 0. The molecule has 0 aliphatic heterocycles. The van der Waals surface area contributed by atoms with E-state index in [1.807, 2.05) is 0 Å². The molecule has 0 radical (unpaired) electrons. The highest BCUT2D eigenvalue weighted by Crippen LogP contribution is 1.99. The number of aromatic nitrogens is 3. The maximum absolute atomic E-state index is 11.7. The van der Waals surface area contributed by atoms with Crippen LogP contribution in [-0.2, 0) is 12.4 Å². The number of halogens is 2. The van der Waals surface area contributed by atoms with Gasteiger partial charge in [-0.05, 0) is 6.42 Å². The van der Waals surface area contributed by atoms with Gasteiger partial charge in [-0.3, -0.25) is 4.39 Å². The van der Waals surface area contributed by atoms with Crippen molar-refractivity contribution >= 4 is 11.6 Å². The molecule has 0 saturated heterocycles. The average Bonchev–Trinajstić information content (AvgIpc) is 2.47. The number of nitrogens with zero attached hydrogens (tertiary/aromatic N) is 3. The first-order chi connectivity index (χ1) is 5.38. The van der Waals surface area contributed by atoms with Gasteiger partial charge in [0.25, 0.3) is 0 Å². The Labute approximate surface area is 69.2 Å². The van der Waals surface area contributed by atoms with Crippen molar-refractivity contribution in [2.45, 2.75) is 18.8 Å². The molecule has 1 heterocycles. The first kappa shape index (κ1) is 8.46. The molecule has 11 heavy (non-hydrogen) atoms. The van der Waals surface area contributed by atoms with Crippen molar-refractivity contribution in [3.8, 4) is 0 Å². The van der Waals surface area contributed by atoms with Crippen LogP contribution in [0.5, 0.6) is 0 Å². The van der Waals surface area contributed by atoms with Crippen LogP contribution in [0.4, 0.5) is 4.39 Å². The van der Waals surface area contributed by atoms with Crippen LogP contribution in [0.2, 0.25) is 0 Å². The van der Waals surface area contributed by atoms with E-state index in [4.69, 9.17) is 11.6 Å². The van der Waals surface area contributed by atoms with E-state index in [1.54, 1.807) is 4.68 Å². The summed E-state index contributed by atoms with van der Waals surface area (Å²) < 4.78 is 13.3. The van der Waals surface area contributed by atoms with Crippen LogP contribution < -0.4 is 0 Å². The lowest BCUT2D eigenvalue weighted by atomic mass is 10.5. The first-order valence-corrected chi connectivity index (χ1v) is 3.90. The van der Waals surface area contributed by atoms with Gasteiger partial charge in [0.2, 0.25) is 0 Å². The second-order valence-electron chi connectivity index (χ2n) is 2.08. The minimum absolute atomic E-state index is 0.326. The Morgan fingerprint density at radius 2 is 2.45 bits per heavy atom. The second kappa shape index (κ2) is 4.28. The molecule has 0 saturated carbocycles. The maximum Gasteiger partial charge on any atom is 0.141 e. The quantitative estimate of drug-likeness (QED) is 0.651. The average molecular weight is 178 g/mol. The predicted octanol–water partition coefficient (Wildman–Crippen LogP) is 1.38. The van der Waals surface area contributed by atoms with Gasteiger partial charge >= 0.3 is 0 Å².